The van der Waals surface area contributed by atoms with E-state index in [4.69, 9.17) is 19.7 Å². The third-order valence-corrected chi connectivity index (χ3v) is 1.58. The first-order valence-electron chi connectivity index (χ1n) is 5.93. The van der Waals surface area contributed by atoms with Gasteiger partial charge in [0.15, 0.2) is 0 Å². The highest BCUT2D eigenvalue weighted by Gasteiger charge is 1.81. The van der Waals surface area contributed by atoms with Crippen LogP contribution in [0.5, 0.6) is 0 Å². The van der Waals surface area contributed by atoms with Gasteiger partial charge in [-0.25, -0.2) is 0 Å². The van der Waals surface area contributed by atoms with Gasteiger partial charge in [0.2, 0.25) is 0 Å². The molecular formula is C12H26O4. The minimum absolute atomic E-state index is 0.125. The number of aliphatic hydroxyl groups excluding tert-OH is 2. The van der Waals surface area contributed by atoms with Crippen molar-refractivity contribution >= 4 is 0 Å². The summed E-state index contributed by atoms with van der Waals surface area (Å²) in [6, 6.07) is 0. The second kappa shape index (κ2) is 19.8. The predicted molar refractivity (Wildman–Crippen MR) is 65.0 cm³/mol. The minimum atomic E-state index is -0.125. The van der Waals surface area contributed by atoms with E-state index in [9.17, 15) is 0 Å². The van der Waals surface area contributed by atoms with E-state index in [1.54, 1.807) is 12.5 Å². The molecule has 0 aromatic rings. The van der Waals surface area contributed by atoms with Crippen LogP contribution in [-0.4, -0.2) is 36.6 Å². The molecule has 2 N–H and O–H groups in total. The van der Waals surface area contributed by atoms with Crippen LogP contribution in [0.3, 0.4) is 0 Å². The van der Waals surface area contributed by atoms with Gasteiger partial charge in [-0.1, -0.05) is 26.7 Å². The molecule has 0 aliphatic carbocycles. The van der Waals surface area contributed by atoms with E-state index in [0.717, 1.165) is 26.1 Å². The highest BCUT2D eigenvalue weighted by molar-refractivity contribution is 4.60. The van der Waals surface area contributed by atoms with Crippen molar-refractivity contribution in [3.8, 4) is 0 Å². The van der Waals surface area contributed by atoms with Gasteiger partial charge in [0.25, 0.3) is 0 Å². The van der Waals surface area contributed by atoms with Crippen molar-refractivity contribution in [3.63, 3.8) is 0 Å². The summed E-state index contributed by atoms with van der Waals surface area (Å²) in [7, 11) is 0. The zero-order valence-electron chi connectivity index (χ0n) is 10.5. The smallest absolute Gasteiger partial charge is 0.117 e. The molecule has 0 bridgehead atoms. The van der Waals surface area contributed by atoms with E-state index >= 15 is 0 Å². The van der Waals surface area contributed by atoms with Gasteiger partial charge in [0.1, 0.15) is 12.5 Å². The van der Waals surface area contributed by atoms with Crippen LogP contribution >= 0.6 is 0 Å². The molecule has 0 rings (SSSR count). The second-order valence-electron chi connectivity index (χ2n) is 3.17. The first kappa shape index (κ1) is 17.6. The average molecular weight is 234 g/mol. The van der Waals surface area contributed by atoms with Gasteiger partial charge >= 0.3 is 0 Å². The lowest BCUT2D eigenvalue weighted by Gasteiger charge is -1.99. The fourth-order valence-electron chi connectivity index (χ4n) is 0.670. The highest BCUT2D eigenvalue weighted by Crippen LogP contribution is 1.91. The van der Waals surface area contributed by atoms with Crippen LogP contribution in [0.2, 0.25) is 0 Å². The molecule has 16 heavy (non-hydrogen) atoms. The molecule has 0 saturated heterocycles. The number of hydrogen-bond acceptors (Lipinski definition) is 4. The molecule has 0 spiro atoms. The molecule has 0 amide bonds. The van der Waals surface area contributed by atoms with Crippen LogP contribution in [0, 0.1) is 0 Å². The maximum absolute atomic E-state index is 7.62. The monoisotopic (exact) mass is 234 g/mol. The van der Waals surface area contributed by atoms with Crippen LogP contribution in [0.25, 0.3) is 0 Å². The molecule has 0 radical (unpaired) electrons. The van der Waals surface area contributed by atoms with E-state index < -0.39 is 0 Å². The quantitative estimate of drug-likeness (QED) is 0.473. The second-order valence-corrected chi connectivity index (χ2v) is 3.17. The van der Waals surface area contributed by atoms with E-state index in [1.165, 1.54) is 12.8 Å². The Morgan fingerprint density at radius 1 is 0.812 bits per heavy atom. The molecule has 0 heterocycles. The summed E-state index contributed by atoms with van der Waals surface area (Å²) in [4.78, 5) is 0. The van der Waals surface area contributed by atoms with Crippen molar-refractivity contribution in [2.75, 3.05) is 26.4 Å². The molecule has 4 heteroatoms. The molecule has 0 aromatic carbocycles. The fourth-order valence-corrected chi connectivity index (χ4v) is 0.670. The number of aliphatic hydroxyl groups is 2. The number of ether oxygens (including phenoxy) is 2. The number of hydrogen-bond donors (Lipinski definition) is 2. The van der Waals surface area contributed by atoms with Gasteiger partial charge in [-0.05, 0) is 12.8 Å². The molecule has 0 aromatic heterocycles. The van der Waals surface area contributed by atoms with Crippen molar-refractivity contribution in [3.05, 3.63) is 12.5 Å². The fraction of sp³-hybridized carbons (Fsp3) is 0.833. The first-order valence-corrected chi connectivity index (χ1v) is 5.93. The molecule has 0 unspecified atom stereocenters. The van der Waals surface area contributed by atoms with Crippen molar-refractivity contribution in [2.45, 2.75) is 39.5 Å². The SMILES string of the molecule is CCCCO/C=C/OCCCC.OCCO. The Morgan fingerprint density at radius 3 is 1.44 bits per heavy atom. The lowest BCUT2D eigenvalue weighted by atomic mass is 10.4. The minimum Gasteiger partial charge on any atom is -0.498 e. The molecule has 0 aliphatic rings. The van der Waals surface area contributed by atoms with Crippen LogP contribution in [-0.2, 0) is 9.47 Å². The zero-order chi connectivity index (χ0) is 12.5. The average Bonchev–Trinajstić information content (AvgIpc) is 2.33. The van der Waals surface area contributed by atoms with E-state index in [1.807, 2.05) is 0 Å². The van der Waals surface area contributed by atoms with Crippen molar-refractivity contribution in [2.24, 2.45) is 0 Å². The Labute approximate surface area is 98.9 Å². The van der Waals surface area contributed by atoms with Gasteiger partial charge in [-0.15, -0.1) is 0 Å². The Hall–Kier alpha value is -0.740. The van der Waals surface area contributed by atoms with Crippen LogP contribution in [0.15, 0.2) is 12.5 Å². The highest BCUT2D eigenvalue weighted by atomic mass is 16.5. The van der Waals surface area contributed by atoms with Crippen molar-refractivity contribution in [1.82, 2.24) is 0 Å². The lowest BCUT2D eigenvalue weighted by molar-refractivity contribution is 0.186. The van der Waals surface area contributed by atoms with Crippen LogP contribution < -0.4 is 0 Å². The Bertz CT molecular complexity index is 112. The Morgan fingerprint density at radius 2 is 1.19 bits per heavy atom. The molecule has 0 saturated carbocycles. The molecular weight excluding hydrogens is 208 g/mol. The van der Waals surface area contributed by atoms with E-state index in [-0.39, 0.29) is 13.2 Å². The summed E-state index contributed by atoms with van der Waals surface area (Å²) in [6.07, 6.45) is 7.82. The van der Waals surface area contributed by atoms with Crippen LogP contribution in [0.4, 0.5) is 0 Å². The zero-order valence-corrected chi connectivity index (χ0v) is 10.5. The van der Waals surface area contributed by atoms with Crippen molar-refractivity contribution in [1.29, 1.82) is 0 Å². The van der Waals surface area contributed by atoms with Gasteiger partial charge in [-0.3, -0.25) is 0 Å². The number of unbranched alkanes of at least 4 members (excludes halogenated alkanes) is 2. The van der Waals surface area contributed by atoms with Crippen LogP contribution in [0.1, 0.15) is 39.5 Å². The molecule has 0 atom stereocenters. The summed E-state index contributed by atoms with van der Waals surface area (Å²) in [5.74, 6) is 0. The lowest BCUT2D eigenvalue weighted by Crippen LogP contribution is -1.88. The van der Waals surface area contributed by atoms with Gasteiger partial charge in [0, 0.05) is 0 Å². The summed E-state index contributed by atoms with van der Waals surface area (Å²) >= 11 is 0. The largest absolute Gasteiger partial charge is 0.498 e. The van der Waals surface area contributed by atoms with E-state index in [0.29, 0.717) is 0 Å². The summed E-state index contributed by atoms with van der Waals surface area (Å²) in [5.41, 5.74) is 0. The summed E-state index contributed by atoms with van der Waals surface area (Å²) < 4.78 is 10.3. The third kappa shape index (κ3) is 23.2. The predicted octanol–water partition coefficient (Wildman–Crippen LogP) is 2.06. The molecule has 0 fully saturated rings. The van der Waals surface area contributed by atoms with Gasteiger partial charge < -0.3 is 19.7 Å². The Kier molecular flexibility index (Phi) is 21.8. The third-order valence-electron chi connectivity index (χ3n) is 1.58. The summed E-state index contributed by atoms with van der Waals surface area (Å²) in [6.45, 7) is 5.63. The Balaban J connectivity index is 0. The van der Waals surface area contributed by atoms with Crippen molar-refractivity contribution < 1.29 is 19.7 Å². The standard InChI is InChI=1S/C10H20O2.C2H6O2/c1-3-5-7-11-9-10-12-8-6-4-2;3-1-2-4/h9-10H,3-8H2,1-2H3;3-4H,1-2H2/b10-9+;. The van der Waals surface area contributed by atoms with E-state index in [2.05, 4.69) is 13.8 Å². The topological polar surface area (TPSA) is 58.9 Å². The molecule has 4 nitrogen and oxygen atoms in total. The normalized spacial score (nSPS) is 9.75. The van der Waals surface area contributed by atoms with Gasteiger partial charge in [-0.2, -0.15) is 0 Å². The maximum atomic E-state index is 7.62. The maximum Gasteiger partial charge on any atom is 0.117 e. The summed E-state index contributed by atoms with van der Waals surface area (Å²) in [5, 5.41) is 15.2. The van der Waals surface area contributed by atoms with Gasteiger partial charge in [0.05, 0.1) is 26.4 Å². The number of rotatable bonds is 9. The first-order chi connectivity index (χ1) is 7.83. The molecule has 0 aliphatic heterocycles. The molecule has 98 valence electrons.